The lowest BCUT2D eigenvalue weighted by molar-refractivity contribution is 0.0626. The average molecular weight is 385 g/mol. The van der Waals surface area contributed by atoms with Crippen molar-refractivity contribution in [2.45, 2.75) is 0 Å². The van der Waals surface area contributed by atoms with Crippen molar-refractivity contribution < 1.29 is 14.7 Å². The molecule has 8 heteroatoms. The molecule has 0 unspecified atom stereocenters. The van der Waals surface area contributed by atoms with Crippen LogP contribution in [0.25, 0.3) is 16.7 Å². The van der Waals surface area contributed by atoms with E-state index in [1.165, 1.54) is 4.90 Å². The zero-order chi connectivity index (χ0) is 19.0. The number of carbonyl (C=O) groups is 2. The summed E-state index contributed by atoms with van der Waals surface area (Å²) in [6.45, 7) is 1.24. The van der Waals surface area contributed by atoms with Crippen molar-refractivity contribution in [2.75, 3.05) is 26.2 Å². The maximum Gasteiger partial charge on any atom is 0.407 e. The summed E-state index contributed by atoms with van der Waals surface area (Å²) in [6.07, 6.45) is 0.697. The second-order valence-electron chi connectivity index (χ2n) is 6.27. The average Bonchev–Trinajstić information content (AvgIpc) is 3.00. The van der Waals surface area contributed by atoms with Crippen LogP contribution in [0, 0.1) is 0 Å². The minimum absolute atomic E-state index is 0.210. The smallest absolute Gasteiger partial charge is 0.407 e. The van der Waals surface area contributed by atoms with Gasteiger partial charge in [0.2, 0.25) is 0 Å². The van der Waals surface area contributed by atoms with Crippen LogP contribution in [-0.4, -0.2) is 62.6 Å². The van der Waals surface area contributed by atoms with E-state index in [-0.39, 0.29) is 19.0 Å². The summed E-state index contributed by atoms with van der Waals surface area (Å²) < 4.78 is 1.76. The fourth-order valence-corrected chi connectivity index (χ4v) is 3.72. The summed E-state index contributed by atoms with van der Waals surface area (Å²) in [5.41, 5.74) is 1.83. The van der Waals surface area contributed by atoms with Crippen molar-refractivity contribution in [1.82, 2.24) is 19.4 Å². The second kappa shape index (κ2) is 6.92. The molecule has 1 aromatic carbocycles. The normalized spacial score (nSPS) is 14.6. The Kier molecular flexibility index (Phi) is 4.45. The minimum atomic E-state index is -0.968. The largest absolute Gasteiger partial charge is 0.465 e. The third kappa shape index (κ3) is 3.00. The highest BCUT2D eigenvalue weighted by Gasteiger charge is 2.29. The topological polar surface area (TPSA) is 78.7 Å². The number of para-hydroxylation sites is 1. The van der Waals surface area contributed by atoms with Crippen LogP contribution in [0.5, 0.6) is 0 Å². The molecule has 0 bridgehead atoms. The van der Waals surface area contributed by atoms with Crippen molar-refractivity contribution >= 4 is 34.6 Å². The van der Waals surface area contributed by atoms with Crippen molar-refractivity contribution in [3.05, 3.63) is 59.4 Å². The SMILES string of the molecule is O=C(O)N1CCN(C(=O)c2c(Cl)n(-c3ccccc3)c3ncccc23)CC1. The van der Waals surface area contributed by atoms with Crippen LogP contribution in [0.3, 0.4) is 0 Å². The van der Waals surface area contributed by atoms with Gasteiger partial charge in [0.1, 0.15) is 10.8 Å². The van der Waals surface area contributed by atoms with Crippen LogP contribution in [-0.2, 0) is 0 Å². The molecule has 0 radical (unpaired) electrons. The van der Waals surface area contributed by atoms with E-state index < -0.39 is 6.09 Å². The van der Waals surface area contributed by atoms with E-state index in [4.69, 9.17) is 16.7 Å². The van der Waals surface area contributed by atoms with Crippen LogP contribution in [0.15, 0.2) is 48.7 Å². The first kappa shape index (κ1) is 17.4. The molecule has 1 fully saturated rings. The molecule has 7 nitrogen and oxygen atoms in total. The van der Waals surface area contributed by atoms with Gasteiger partial charge in [0.05, 0.1) is 5.56 Å². The van der Waals surface area contributed by atoms with Crippen LogP contribution in [0.2, 0.25) is 5.15 Å². The van der Waals surface area contributed by atoms with Crippen molar-refractivity contribution in [3.8, 4) is 5.69 Å². The Balaban J connectivity index is 1.76. The molecule has 27 heavy (non-hydrogen) atoms. The quantitative estimate of drug-likeness (QED) is 0.736. The first-order valence-corrected chi connectivity index (χ1v) is 8.93. The van der Waals surface area contributed by atoms with Crippen LogP contribution >= 0.6 is 11.6 Å². The number of pyridine rings is 1. The fraction of sp³-hybridized carbons (Fsp3) is 0.211. The van der Waals surface area contributed by atoms with Crippen LogP contribution in [0.1, 0.15) is 10.4 Å². The lowest BCUT2D eigenvalue weighted by Crippen LogP contribution is -2.50. The number of nitrogens with zero attached hydrogens (tertiary/aromatic N) is 4. The Morgan fingerprint density at radius 1 is 0.963 bits per heavy atom. The van der Waals surface area contributed by atoms with Gasteiger partial charge in [0.25, 0.3) is 5.91 Å². The third-order valence-electron chi connectivity index (χ3n) is 4.74. The standard InChI is InChI=1S/C19H17ClN4O3/c20-16-15(18(25)22-9-11-23(12-10-22)19(26)27)14-7-4-8-21-17(14)24(16)13-5-2-1-3-6-13/h1-8H,9-12H2,(H,26,27). The van der Waals surface area contributed by atoms with Crippen LogP contribution in [0.4, 0.5) is 4.79 Å². The van der Waals surface area contributed by atoms with Gasteiger partial charge in [0.15, 0.2) is 0 Å². The van der Waals surface area contributed by atoms with Gasteiger partial charge in [-0.1, -0.05) is 29.8 Å². The molecular formula is C19H17ClN4O3. The summed E-state index contributed by atoms with van der Waals surface area (Å²) in [5, 5.41) is 10.1. The maximum absolute atomic E-state index is 13.2. The summed E-state index contributed by atoms with van der Waals surface area (Å²) in [5.74, 6) is -0.210. The van der Waals surface area contributed by atoms with Crippen molar-refractivity contribution in [3.63, 3.8) is 0 Å². The highest BCUT2D eigenvalue weighted by molar-refractivity contribution is 6.35. The highest BCUT2D eigenvalue weighted by Crippen LogP contribution is 2.33. The molecule has 3 aromatic rings. The summed E-state index contributed by atoms with van der Waals surface area (Å²) in [4.78, 5) is 31.6. The van der Waals surface area contributed by atoms with Gasteiger partial charge in [0, 0.05) is 43.4 Å². The number of fused-ring (bicyclic) bond motifs is 1. The Morgan fingerprint density at radius 3 is 2.30 bits per heavy atom. The predicted octanol–water partition coefficient (Wildman–Crippen LogP) is 3.11. The van der Waals surface area contributed by atoms with E-state index in [9.17, 15) is 9.59 Å². The number of aromatic nitrogens is 2. The molecule has 3 heterocycles. The Morgan fingerprint density at radius 2 is 1.63 bits per heavy atom. The number of halogens is 1. The van der Waals surface area contributed by atoms with Gasteiger partial charge >= 0.3 is 6.09 Å². The molecule has 0 atom stereocenters. The van der Waals surface area contributed by atoms with Gasteiger partial charge in [-0.2, -0.15) is 0 Å². The molecular weight excluding hydrogens is 368 g/mol. The number of hydrogen-bond donors (Lipinski definition) is 1. The maximum atomic E-state index is 13.2. The molecule has 0 aliphatic carbocycles. The van der Waals surface area contributed by atoms with Gasteiger partial charge < -0.3 is 14.9 Å². The molecule has 2 amide bonds. The molecule has 138 valence electrons. The minimum Gasteiger partial charge on any atom is -0.465 e. The number of rotatable bonds is 2. The molecule has 2 aromatic heterocycles. The lowest BCUT2D eigenvalue weighted by Gasteiger charge is -2.33. The Bertz CT molecular complexity index is 1010. The zero-order valence-electron chi connectivity index (χ0n) is 14.4. The van der Waals surface area contributed by atoms with E-state index in [1.54, 1.807) is 21.7 Å². The van der Waals surface area contributed by atoms with Gasteiger partial charge in [-0.05, 0) is 24.3 Å². The Hall–Kier alpha value is -3.06. The van der Waals surface area contributed by atoms with Gasteiger partial charge in [-0.15, -0.1) is 0 Å². The van der Waals surface area contributed by atoms with Gasteiger partial charge in [-0.3, -0.25) is 9.36 Å². The van der Waals surface area contributed by atoms with E-state index in [1.807, 2.05) is 36.4 Å². The number of piperazine rings is 1. The molecule has 1 saturated heterocycles. The number of benzene rings is 1. The lowest BCUT2D eigenvalue weighted by atomic mass is 10.2. The molecule has 0 spiro atoms. The molecule has 0 saturated carbocycles. The monoisotopic (exact) mass is 384 g/mol. The van der Waals surface area contributed by atoms with Crippen LogP contribution < -0.4 is 0 Å². The van der Waals surface area contributed by atoms with Crippen molar-refractivity contribution in [2.24, 2.45) is 0 Å². The number of carboxylic acid groups (broad SMARTS) is 1. The zero-order valence-corrected chi connectivity index (χ0v) is 15.1. The third-order valence-corrected chi connectivity index (χ3v) is 5.09. The van der Waals surface area contributed by atoms with E-state index in [2.05, 4.69) is 4.98 Å². The molecule has 1 N–H and O–H groups in total. The summed E-state index contributed by atoms with van der Waals surface area (Å²) in [6, 6.07) is 13.1. The Labute approximate surface area is 160 Å². The first-order valence-electron chi connectivity index (χ1n) is 8.55. The number of hydrogen-bond acceptors (Lipinski definition) is 3. The molecule has 1 aliphatic heterocycles. The fourth-order valence-electron chi connectivity index (χ4n) is 3.36. The van der Waals surface area contributed by atoms with E-state index in [0.717, 1.165) is 5.69 Å². The first-order chi connectivity index (χ1) is 13.1. The van der Waals surface area contributed by atoms with Gasteiger partial charge in [-0.25, -0.2) is 9.78 Å². The summed E-state index contributed by atoms with van der Waals surface area (Å²) in [7, 11) is 0. The molecule has 4 rings (SSSR count). The summed E-state index contributed by atoms with van der Waals surface area (Å²) >= 11 is 6.65. The number of carbonyl (C=O) groups excluding carboxylic acids is 1. The highest BCUT2D eigenvalue weighted by atomic mass is 35.5. The number of amides is 2. The van der Waals surface area contributed by atoms with E-state index in [0.29, 0.717) is 34.8 Å². The molecule has 1 aliphatic rings. The second-order valence-corrected chi connectivity index (χ2v) is 6.63. The predicted molar refractivity (Wildman–Crippen MR) is 102 cm³/mol. The van der Waals surface area contributed by atoms with E-state index >= 15 is 0 Å². The van der Waals surface area contributed by atoms with Crippen molar-refractivity contribution in [1.29, 1.82) is 0 Å².